The first-order valence-corrected chi connectivity index (χ1v) is 5.51. The number of hydrogen-bond donors (Lipinski definition) is 0. The van der Waals surface area contributed by atoms with Gasteiger partial charge in [-0.25, -0.2) is 0 Å². The molecule has 13 heavy (non-hydrogen) atoms. The van der Waals surface area contributed by atoms with Gasteiger partial charge in [-0.2, -0.15) is 11.8 Å². The number of Topliss-reactive ketones (excluding diaryl/α,β-unsaturated/α-hetero) is 1. The van der Waals surface area contributed by atoms with E-state index in [1.807, 2.05) is 37.3 Å². The van der Waals surface area contributed by atoms with E-state index in [1.54, 1.807) is 11.8 Å². The van der Waals surface area contributed by atoms with Crippen molar-refractivity contribution in [3.63, 3.8) is 0 Å². The van der Waals surface area contributed by atoms with Crippen molar-refractivity contribution in [2.24, 2.45) is 0 Å². The van der Waals surface area contributed by atoms with Crippen molar-refractivity contribution < 1.29 is 4.79 Å². The lowest BCUT2D eigenvalue weighted by atomic mass is 10.1. The Morgan fingerprint density at radius 3 is 2.54 bits per heavy atom. The minimum absolute atomic E-state index is 0.0763. The Balaban J connectivity index is 2.68. The van der Waals surface area contributed by atoms with Gasteiger partial charge in [0.05, 0.1) is 5.25 Å². The highest BCUT2D eigenvalue weighted by molar-refractivity contribution is 8.00. The molecule has 1 rings (SSSR count). The van der Waals surface area contributed by atoms with Gasteiger partial charge >= 0.3 is 0 Å². The van der Waals surface area contributed by atoms with Gasteiger partial charge in [-0.15, -0.1) is 0 Å². The van der Waals surface area contributed by atoms with E-state index in [4.69, 9.17) is 0 Å². The summed E-state index contributed by atoms with van der Waals surface area (Å²) in [5.41, 5.74) is 0.816. The van der Waals surface area contributed by atoms with Gasteiger partial charge in [0.1, 0.15) is 0 Å². The molecule has 0 amide bonds. The van der Waals surface area contributed by atoms with Crippen molar-refractivity contribution in [1.29, 1.82) is 0 Å². The molecule has 0 fully saturated rings. The summed E-state index contributed by atoms with van der Waals surface area (Å²) < 4.78 is 0. The van der Waals surface area contributed by atoms with Crippen LogP contribution in [-0.2, 0) is 0 Å². The quantitative estimate of drug-likeness (QED) is 0.685. The second-order valence-corrected chi connectivity index (χ2v) is 4.45. The van der Waals surface area contributed by atoms with Crippen LogP contribution in [-0.4, -0.2) is 16.8 Å². The Hall–Kier alpha value is -0.760. The summed E-state index contributed by atoms with van der Waals surface area (Å²) in [4.78, 5) is 11.7. The second-order valence-electron chi connectivity index (χ2n) is 2.83. The lowest BCUT2D eigenvalue weighted by Gasteiger charge is -2.07. The summed E-state index contributed by atoms with van der Waals surface area (Å²) in [7, 11) is 0. The first-order chi connectivity index (χ1) is 6.25. The van der Waals surface area contributed by atoms with Gasteiger partial charge < -0.3 is 0 Å². The molecule has 0 saturated carbocycles. The Labute approximate surface area is 83.5 Å². The summed E-state index contributed by atoms with van der Waals surface area (Å²) in [6, 6.07) is 9.46. The van der Waals surface area contributed by atoms with E-state index in [2.05, 4.69) is 6.92 Å². The number of carbonyl (C=O) groups is 1. The predicted octanol–water partition coefficient (Wildman–Crippen LogP) is 3.01. The summed E-state index contributed by atoms with van der Waals surface area (Å²) in [5.74, 6) is 1.21. The molecule has 0 aliphatic heterocycles. The maximum absolute atomic E-state index is 11.7. The molecule has 2 heteroatoms. The number of hydrogen-bond acceptors (Lipinski definition) is 2. The van der Waals surface area contributed by atoms with E-state index in [9.17, 15) is 4.79 Å². The summed E-state index contributed by atoms with van der Waals surface area (Å²) in [6.07, 6.45) is 0. The van der Waals surface area contributed by atoms with Crippen molar-refractivity contribution in [2.75, 3.05) is 5.75 Å². The molecular formula is C11H14OS. The maximum atomic E-state index is 11.7. The molecule has 0 heterocycles. The zero-order valence-electron chi connectivity index (χ0n) is 7.99. The molecule has 0 aliphatic rings. The molecule has 0 saturated heterocycles. The zero-order chi connectivity index (χ0) is 9.68. The Morgan fingerprint density at radius 1 is 1.38 bits per heavy atom. The highest BCUT2D eigenvalue weighted by atomic mass is 32.2. The lowest BCUT2D eigenvalue weighted by molar-refractivity contribution is 0.0994. The third-order valence-electron chi connectivity index (χ3n) is 1.84. The topological polar surface area (TPSA) is 17.1 Å². The van der Waals surface area contributed by atoms with Gasteiger partial charge in [0.15, 0.2) is 5.78 Å². The van der Waals surface area contributed by atoms with E-state index in [0.29, 0.717) is 0 Å². The third kappa shape index (κ3) is 2.88. The average Bonchev–Trinajstić information content (AvgIpc) is 2.18. The first-order valence-electron chi connectivity index (χ1n) is 4.46. The fraction of sp³-hybridized carbons (Fsp3) is 0.364. The minimum atomic E-state index is 0.0763. The number of benzene rings is 1. The summed E-state index contributed by atoms with van der Waals surface area (Å²) in [6.45, 7) is 4.03. The van der Waals surface area contributed by atoms with Gasteiger partial charge in [0.25, 0.3) is 0 Å². The Bertz CT molecular complexity index is 269. The highest BCUT2D eigenvalue weighted by Gasteiger charge is 2.13. The highest BCUT2D eigenvalue weighted by Crippen LogP contribution is 2.15. The molecule has 1 unspecified atom stereocenters. The van der Waals surface area contributed by atoms with Crippen molar-refractivity contribution in [3.05, 3.63) is 35.9 Å². The largest absolute Gasteiger partial charge is 0.293 e. The van der Waals surface area contributed by atoms with Gasteiger partial charge in [0.2, 0.25) is 0 Å². The van der Waals surface area contributed by atoms with Gasteiger partial charge in [-0.3, -0.25) is 4.79 Å². The molecule has 70 valence electrons. The lowest BCUT2D eigenvalue weighted by Crippen LogP contribution is -2.13. The zero-order valence-corrected chi connectivity index (χ0v) is 8.80. The maximum Gasteiger partial charge on any atom is 0.175 e. The van der Waals surface area contributed by atoms with Crippen LogP contribution in [0.15, 0.2) is 30.3 Å². The molecule has 0 N–H and O–H groups in total. The predicted molar refractivity (Wildman–Crippen MR) is 58.4 cm³/mol. The molecule has 0 bridgehead atoms. The molecule has 0 spiro atoms. The molecule has 1 aromatic carbocycles. The molecular weight excluding hydrogens is 180 g/mol. The van der Waals surface area contributed by atoms with E-state index in [0.717, 1.165) is 11.3 Å². The van der Waals surface area contributed by atoms with Crippen LogP contribution in [0.3, 0.4) is 0 Å². The van der Waals surface area contributed by atoms with Gasteiger partial charge in [-0.05, 0) is 12.7 Å². The van der Waals surface area contributed by atoms with Crippen LogP contribution >= 0.6 is 11.8 Å². The number of thioether (sulfide) groups is 1. The van der Waals surface area contributed by atoms with Crippen LogP contribution in [0.5, 0.6) is 0 Å². The fourth-order valence-electron chi connectivity index (χ4n) is 1.16. The van der Waals surface area contributed by atoms with Gasteiger partial charge in [-0.1, -0.05) is 37.3 Å². The summed E-state index contributed by atoms with van der Waals surface area (Å²) >= 11 is 1.68. The Kier molecular flexibility index (Phi) is 4.03. The fourth-order valence-corrected chi connectivity index (χ4v) is 1.95. The SMILES string of the molecule is CCSC(C)C(=O)c1ccccc1. The first kappa shape index (κ1) is 10.3. The van der Waals surface area contributed by atoms with Crippen molar-refractivity contribution in [2.45, 2.75) is 19.1 Å². The van der Waals surface area contributed by atoms with Crippen molar-refractivity contribution in [1.82, 2.24) is 0 Å². The van der Waals surface area contributed by atoms with Crippen molar-refractivity contribution in [3.8, 4) is 0 Å². The van der Waals surface area contributed by atoms with Crippen LogP contribution in [0.1, 0.15) is 24.2 Å². The summed E-state index contributed by atoms with van der Waals surface area (Å²) in [5, 5.41) is 0.0763. The Morgan fingerprint density at radius 2 is 2.00 bits per heavy atom. The molecule has 0 aromatic heterocycles. The normalized spacial score (nSPS) is 12.5. The third-order valence-corrected chi connectivity index (χ3v) is 2.89. The van der Waals surface area contributed by atoms with Crippen LogP contribution < -0.4 is 0 Å². The van der Waals surface area contributed by atoms with Crippen LogP contribution in [0.25, 0.3) is 0 Å². The van der Waals surface area contributed by atoms with E-state index < -0.39 is 0 Å². The molecule has 0 radical (unpaired) electrons. The van der Waals surface area contributed by atoms with E-state index in [-0.39, 0.29) is 11.0 Å². The van der Waals surface area contributed by atoms with Gasteiger partial charge in [0, 0.05) is 5.56 Å². The monoisotopic (exact) mass is 194 g/mol. The smallest absolute Gasteiger partial charge is 0.175 e. The second kappa shape index (κ2) is 5.07. The standard InChI is InChI=1S/C11H14OS/c1-3-13-9(2)11(12)10-7-5-4-6-8-10/h4-9H,3H2,1-2H3. The molecule has 1 nitrogen and oxygen atoms in total. The minimum Gasteiger partial charge on any atom is -0.293 e. The van der Waals surface area contributed by atoms with Crippen LogP contribution in [0.4, 0.5) is 0 Å². The van der Waals surface area contributed by atoms with E-state index in [1.165, 1.54) is 0 Å². The van der Waals surface area contributed by atoms with Crippen LogP contribution in [0, 0.1) is 0 Å². The number of ketones is 1. The van der Waals surface area contributed by atoms with Crippen molar-refractivity contribution >= 4 is 17.5 Å². The number of rotatable bonds is 4. The molecule has 1 atom stereocenters. The van der Waals surface area contributed by atoms with Crippen LogP contribution in [0.2, 0.25) is 0 Å². The molecule has 1 aromatic rings. The molecule has 0 aliphatic carbocycles. The average molecular weight is 194 g/mol. The van der Waals surface area contributed by atoms with E-state index >= 15 is 0 Å². The number of carbonyl (C=O) groups excluding carboxylic acids is 1.